The van der Waals surface area contributed by atoms with E-state index in [0.29, 0.717) is 11.1 Å². The van der Waals surface area contributed by atoms with Gasteiger partial charge in [0.15, 0.2) is 0 Å². The van der Waals surface area contributed by atoms with Crippen molar-refractivity contribution >= 4 is 11.9 Å². The minimum Gasteiger partial charge on any atom is -0.481 e. The zero-order chi connectivity index (χ0) is 15.0. The standard InChI is InChI=1S/C16H19NO4/c18-13-8-16(9-13)6-12(7-16)17-15(21)11-3-1-2-10(4-11)5-14(19)20/h1-4,12-13,18H,5-9H2,(H,17,21)(H,19,20). The molecule has 0 unspecified atom stereocenters. The van der Waals surface area contributed by atoms with E-state index in [-0.39, 0.29) is 29.9 Å². The zero-order valence-corrected chi connectivity index (χ0v) is 11.7. The van der Waals surface area contributed by atoms with E-state index in [2.05, 4.69) is 5.32 Å². The Hall–Kier alpha value is -1.88. The van der Waals surface area contributed by atoms with Gasteiger partial charge in [0, 0.05) is 11.6 Å². The maximum Gasteiger partial charge on any atom is 0.307 e. The van der Waals surface area contributed by atoms with Gasteiger partial charge >= 0.3 is 5.97 Å². The Morgan fingerprint density at radius 3 is 2.57 bits per heavy atom. The zero-order valence-electron chi connectivity index (χ0n) is 11.7. The van der Waals surface area contributed by atoms with Crippen LogP contribution >= 0.6 is 0 Å². The number of amides is 1. The highest BCUT2D eigenvalue weighted by molar-refractivity contribution is 5.94. The lowest BCUT2D eigenvalue weighted by molar-refractivity contribution is -0.136. The van der Waals surface area contributed by atoms with E-state index in [1.165, 1.54) is 0 Å². The quantitative estimate of drug-likeness (QED) is 0.781. The van der Waals surface area contributed by atoms with Gasteiger partial charge in [0.1, 0.15) is 0 Å². The highest BCUT2D eigenvalue weighted by atomic mass is 16.4. The number of hydrogen-bond acceptors (Lipinski definition) is 3. The van der Waals surface area contributed by atoms with Crippen molar-refractivity contribution in [2.75, 3.05) is 0 Å². The third-order valence-electron chi connectivity index (χ3n) is 4.58. The fourth-order valence-electron chi connectivity index (χ4n) is 3.63. The molecule has 0 bridgehead atoms. The summed E-state index contributed by atoms with van der Waals surface area (Å²) in [6.45, 7) is 0. The normalized spacial score (nSPS) is 30.3. The maximum absolute atomic E-state index is 12.2. The highest BCUT2D eigenvalue weighted by Crippen LogP contribution is 2.55. The van der Waals surface area contributed by atoms with Crippen LogP contribution in [0.15, 0.2) is 24.3 Å². The Morgan fingerprint density at radius 2 is 1.95 bits per heavy atom. The van der Waals surface area contributed by atoms with Crippen LogP contribution in [0.4, 0.5) is 0 Å². The summed E-state index contributed by atoms with van der Waals surface area (Å²) in [4.78, 5) is 22.9. The average molecular weight is 289 g/mol. The van der Waals surface area contributed by atoms with E-state index in [1.54, 1.807) is 24.3 Å². The first-order chi connectivity index (χ1) is 9.96. The minimum atomic E-state index is -0.906. The van der Waals surface area contributed by atoms with Crippen molar-refractivity contribution < 1.29 is 19.8 Å². The van der Waals surface area contributed by atoms with Gasteiger partial charge in [-0.25, -0.2) is 0 Å². The SMILES string of the molecule is O=C(O)Cc1cccc(C(=O)NC2CC3(CC(O)C3)C2)c1. The molecule has 0 aliphatic heterocycles. The number of aliphatic carboxylic acids is 1. The van der Waals surface area contributed by atoms with E-state index in [1.807, 2.05) is 0 Å². The Morgan fingerprint density at radius 1 is 1.24 bits per heavy atom. The van der Waals surface area contributed by atoms with E-state index < -0.39 is 5.97 Å². The van der Waals surface area contributed by atoms with E-state index in [9.17, 15) is 14.7 Å². The molecule has 2 saturated carbocycles. The van der Waals surface area contributed by atoms with Crippen LogP contribution in [-0.4, -0.2) is 34.2 Å². The van der Waals surface area contributed by atoms with Crippen molar-refractivity contribution in [3.8, 4) is 0 Å². The van der Waals surface area contributed by atoms with Gasteiger partial charge in [-0.3, -0.25) is 9.59 Å². The molecule has 1 amide bonds. The molecule has 0 atom stereocenters. The molecule has 21 heavy (non-hydrogen) atoms. The number of carbonyl (C=O) groups excluding carboxylic acids is 1. The van der Waals surface area contributed by atoms with Gasteiger partial charge in [0.2, 0.25) is 0 Å². The van der Waals surface area contributed by atoms with Gasteiger partial charge in [-0.15, -0.1) is 0 Å². The molecule has 1 spiro atoms. The Kier molecular flexibility index (Phi) is 3.45. The summed E-state index contributed by atoms with van der Waals surface area (Å²) in [5.74, 6) is -1.06. The number of carboxylic acid groups (broad SMARTS) is 1. The molecule has 0 radical (unpaired) electrons. The number of rotatable bonds is 4. The molecule has 3 N–H and O–H groups in total. The van der Waals surface area contributed by atoms with Crippen molar-refractivity contribution in [2.24, 2.45) is 5.41 Å². The highest BCUT2D eigenvalue weighted by Gasteiger charge is 2.52. The van der Waals surface area contributed by atoms with Crippen molar-refractivity contribution in [3.05, 3.63) is 35.4 Å². The fourth-order valence-corrected chi connectivity index (χ4v) is 3.63. The van der Waals surface area contributed by atoms with Crippen LogP contribution in [0, 0.1) is 5.41 Å². The predicted molar refractivity (Wildman–Crippen MR) is 75.9 cm³/mol. The number of hydrogen-bond donors (Lipinski definition) is 3. The lowest BCUT2D eigenvalue weighted by atomic mass is 9.53. The molecular formula is C16H19NO4. The number of carbonyl (C=O) groups is 2. The second kappa shape index (κ2) is 5.15. The summed E-state index contributed by atoms with van der Waals surface area (Å²) in [6, 6.07) is 6.91. The monoisotopic (exact) mass is 289 g/mol. The molecule has 0 heterocycles. The van der Waals surface area contributed by atoms with Gasteiger partial charge in [-0.1, -0.05) is 12.1 Å². The second-order valence-electron chi connectivity index (χ2n) is 6.41. The van der Waals surface area contributed by atoms with Crippen molar-refractivity contribution in [2.45, 2.75) is 44.2 Å². The topological polar surface area (TPSA) is 86.6 Å². The van der Waals surface area contributed by atoms with Gasteiger partial charge in [0.05, 0.1) is 12.5 Å². The lowest BCUT2D eigenvalue weighted by Crippen LogP contribution is -2.57. The van der Waals surface area contributed by atoms with E-state index >= 15 is 0 Å². The van der Waals surface area contributed by atoms with Crippen LogP contribution in [-0.2, 0) is 11.2 Å². The minimum absolute atomic E-state index is 0.0778. The van der Waals surface area contributed by atoms with Crippen molar-refractivity contribution in [1.82, 2.24) is 5.32 Å². The molecule has 5 nitrogen and oxygen atoms in total. The molecule has 3 rings (SSSR count). The summed E-state index contributed by atoms with van der Waals surface area (Å²) in [7, 11) is 0. The van der Waals surface area contributed by atoms with Gasteiger partial charge in [-0.2, -0.15) is 0 Å². The van der Waals surface area contributed by atoms with Crippen LogP contribution < -0.4 is 5.32 Å². The fraction of sp³-hybridized carbons (Fsp3) is 0.500. The molecule has 2 aliphatic carbocycles. The molecule has 1 aromatic rings. The van der Waals surface area contributed by atoms with Crippen LogP contribution in [0.1, 0.15) is 41.6 Å². The summed E-state index contributed by atoms with van der Waals surface area (Å²) in [5.41, 5.74) is 1.40. The third kappa shape index (κ3) is 2.93. The van der Waals surface area contributed by atoms with E-state index in [4.69, 9.17) is 5.11 Å². The summed E-state index contributed by atoms with van der Waals surface area (Å²) in [5, 5.41) is 21.1. The predicted octanol–water partition coefficient (Wildman–Crippen LogP) is 1.35. The number of aliphatic hydroxyl groups excluding tert-OH is 1. The molecule has 2 fully saturated rings. The second-order valence-corrected chi connectivity index (χ2v) is 6.41. The summed E-state index contributed by atoms with van der Waals surface area (Å²) < 4.78 is 0. The van der Waals surface area contributed by atoms with Crippen LogP contribution in [0.25, 0.3) is 0 Å². The molecule has 2 aliphatic rings. The van der Waals surface area contributed by atoms with Crippen LogP contribution in [0.5, 0.6) is 0 Å². The number of carboxylic acids is 1. The maximum atomic E-state index is 12.2. The first kappa shape index (κ1) is 14.1. The Bertz CT molecular complexity index is 569. The molecule has 112 valence electrons. The van der Waals surface area contributed by atoms with Gasteiger partial charge in [0.25, 0.3) is 5.91 Å². The summed E-state index contributed by atoms with van der Waals surface area (Å²) in [6.07, 6.45) is 3.34. The largest absolute Gasteiger partial charge is 0.481 e. The molecule has 1 aromatic carbocycles. The third-order valence-corrected chi connectivity index (χ3v) is 4.58. The van der Waals surface area contributed by atoms with Crippen LogP contribution in [0.2, 0.25) is 0 Å². The van der Waals surface area contributed by atoms with E-state index in [0.717, 1.165) is 25.7 Å². The summed E-state index contributed by atoms with van der Waals surface area (Å²) >= 11 is 0. The molecule has 0 aromatic heterocycles. The van der Waals surface area contributed by atoms with Gasteiger partial charge < -0.3 is 15.5 Å². The number of benzene rings is 1. The first-order valence-corrected chi connectivity index (χ1v) is 7.25. The molecule has 0 saturated heterocycles. The molecule has 5 heteroatoms. The van der Waals surface area contributed by atoms with Crippen molar-refractivity contribution in [1.29, 1.82) is 0 Å². The van der Waals surface area contributed by atoms with Crippen molar-refractivity contribution in [3.63, 3.8) is 0 Å². The smallest absolute Gasteiger partial charge is 0.307 e. The Labute approximate surface area is 123 Å². The van der Waals surface area contributed by atoms with Gasteiger partial charge in [-0.05, 0) is 48.8 Å². The van der Waals surface area contributed by atoms with Crippen LogP contribution in [0.3, 0.4) is 0 Å². The number of aliphatic hydroxyl groups is 1. The first-order valence-electron chi connectivity index (χ1n) is 7.25. The molecular weight excluding hydrogens is 270 g/mol. The number of nitrogens with one attached hydrogen (secondary N) is 1. The Balaban J connectivity index is 1.55. The lowest BCUT2D eigenvalue weighted by Gasteiger charge is -2.56. The average Bonchev–Trinajstić information content (AvgIpc) is 2.34.